The molecule has 0 radical (unpaired) electrons. The van der Waals surface area contributed by atoms with Crippen LogP contribution >= 0.6 is 0 Å². The molecule has 0 unspecified atom stereocenters. The number of aryl methyl sites for hydroxylation is 2. The summed E-state index contributed by atoms with van der Waals surface area (Å²) in [6, 6.07) is 0. The maximum absolute atomic E-state index is 11.1. The van der Waals surface area contributed by atoms with Crippen molar-refractivity contribution in [3.8, 4) is 0 Å². The molecule has 1 fully saturated rings. The lowest BCUT2D eigenvalue weighted by atomic mass is 9.92. The van der Waals surface area contributed by atoms with Crippen molar-refractivity contribution in [1.82, 2.24) is 9.78 Å². The molecule has 2 heterocycles. The third-order valence-corrected chi connectivity index (χ3v) is 3.71. The first-order valence-electron chi connectivity index (χ1n) is 6.61. The highest BCUT2D eigenvalue weighted by atomic mass is 16.7. The fourth-order valence-corrected chi connectivity index (χ4v) is 2.71. The molecule has 1 aromatic rings. The summed E-state index contributed by atoms with van der Waals surface area (Å²) in [7, 11) is 1.40. The molecule has 19 heavy (non-hydrogen) atoms. The van der Waals surface area contributed by atoms with Crippen LogP contribution in [0.5, 0.6) is 0 Å². The van der Waals surface area contributed by atoms with Crippen LogP contribution in [0.4, 0.5) is 0 Å². The van der Waals surface area contributed by atoms with Gasteiger partial charge in [-0.05, 0) is 12.0 Å². The molecule has 2 aliphatic rings. The van der Waals surface area contributed by atoms with E-state index in [-0.39, 0.29) is 5.97 Å². The third-order valence-electron chi connectivity index (χ3n) is 3.71. The summed E-state index contributed by atoms with van der Waals surface area (Å²) >= 11 is 0. The van der Waals surface area contributed by atoms with Gasteiger partial charge in [0.05, 0.1) is 39.0 Å². The van der Waals surface area contributed by atoms with Gasteiger partial charge in [0.15, 0.2) is 5.79 Å². The van der Waals surface area contributed by atoms with E-state index in [1.807, 2.05) is 10.9 Å². The Morgan fingerprint density at radius 3 is 3.05 bits per heavy atom. The summed E-state index contributed by atoms with van der Waals surface area (Å²) < 4.78 is 17.9. The van der Waals surface area contributed by atoms with Crippen LogP contribution in [0.2, 0.25) is 0 Å². The number of hydrogen-bond acceptors (Lipinski definition) is 5. The Bertz CT molecular complexity index is 477. The second-order valence-electron chi connectivity index (χ2n) is 4.97. The average Bonchev–Trinajstić information content (AvgIpc) is 3.03. The van der Waals surface area contributed by atoms with E-state index in [2.05, 4.69) is 9.84 Å². The summed E-state index contributed by atoms with van der Waals surface area (Å²) in [6.07, 6.45) is 4.80. The molecule has 0 amide bonds. The smallest absolute Gasteiger partial charge is 0.307 e. The molecule has 0 N–H and O–H groups in total. The van der Waals surface area contributed by atoms with E-state index in [1.54, 1.807) is 0 Å². The number of carbonyl (C=O) groups is 1. The molecular weight excluding hydrogens is 248 g/mol. The van der Waals surface area contributed by atoms with Crippen molar-refractivity contribution in [2.45, 2.75) is 38.0 Å². The number of methoxy groups -OCH3 is 1. The summed E-state index contributed by atoms with van der Waals surface area (Å²) in [6.45, 7) is 1.89. The van der Waals surface area contributed by atoms with E-state index < -0.39 is 5.79 Å². The van der Waals surface area contributed by atoms with Gasteiger partial charge in [0.2, 0.25) is 0 Å². The molecule has 1 spiro atoms. The van der Waals surface area contributed by atoms with Crippen molar-refractivity contribution in [3.63, 3.8) is 0 Å². The SMILES string of the molecule is COC(=O)CCn1cc2c(n1)CCC1(C2)OCCO1. The molecule has 104 valence electrons. The average molecular weight is 266 g/mol. The maximum atomic E-state index is 11.1. The summed E-state index contributed by atoms with van der Waals surface area (Å²) in [4.78, 5) is 11.1. The van der Waals surface area contributed by atoms with Gasteiger partial charge in [-0.1, -0.05) is 0 Å². The van der Waals surface area contributed by atoms with Gasteiger partial charge in [-0.25, -0.2) is 0 Å². The Labute approximate surface area is 111 Å². The van der Waals surface area contributed by atoms with Crippen molar-refractivity contribution in [1.29, 1.82) is 0 Å². The first-order chi connectivity index (χ1) is 9.21. The number of ether oxygens (including phenoxy) is 3. The molecule has 3 rings (SSSR count). The first kappa shape index (κ1) is 12.6. The minimum absolute atomic E-state index is 0.215. The zero-order valence-electron chi connectivity index (χ0n) is 11.1. The molecule has 1 saturated heterocycles. The summed E-state index contributed by atoms with van der Waals surface area (Å²) in [5.74, 6) is -0.643. The van der Waals surface area contributed by atoms with Crippen molar-refractivity contribution >= 4 is 5.97 Å². The maximum Gasteiger partial charge on any atom is 0.307 e. The number of nitrogens with zero attached hydrogens (tertiary/aromatic N) is 2. The highest BCUT2D eigenvalue weighted by Gasteiger charge is 2.40. The van der Waals surface area contributed by atoms with Gasteiger partial charge in [0.25, 0.3) is 0 Å². The zero-order valence-corrected chi connectivity index (χ0v) is 11.1. The number of rotatable bonds is 3. The van der Waals surface area contributed by atoms with E-state index in [1.165, 1.54) is 7.11 Å². The van der Waals surface area contributed by atoms with Gasteiger partial charge in [0, 0.05) is 19.0 Å². The van der Waals surface area contributed by atoms with Gasteiger partial charge in [-0.15, -0.1) is 0 Å². The number of fused-ring (bicyclic) bond motifs is 1. The van der Waals surface area contributed by atoms with Crippen LogP contribution in [0.1, 0.15) is 24.1 Å². The largest absolute Gasteiger partial charge is 0.469 e. The van der Waals surface area contributed by atoms with Crippen LogP contribution in [0, 0.1) is 0 Å². The Morgan fingerprint density at radius 2 is 2.32 bits per heavy atom. The first-order valence-corrected chi connectivity index (χ1v) is 6.61. The standard InChI is InChI=1S/C13H18N2O4/c1-17-12(16)3-5-15-9-10-8-13(18-6-7-19-13)4-2-11(10)14-15/h9H,2-8H2,1H3. The number of carbonyl (C=O) groups excluding carboxylic acids is 1. The second kappa shape index (κ2) is 4.94. The summed E-state index contributed by atoms with van der Waals surface area (Å²) in [5.41, 5.74) is 2.26. The molecule has 1 aliphatic carbocycles. The topological polar surface area (TPSA) is 62.6 Å². The lowest BCUT2D eigenvalue weighted by Crippen LogP contribution is -2.36. The highest BCUT2D eigenvalue weighted by Crippen LogP contribution is 2.34. The van der Waals surface area contributed by atoms with E-state index in [0.29, 0.717) is 26.2 Å². The van der Waals surface area contributed by atoms with Crippen molar-refractivity contribution in [2.24, 2.45) is 0 Å². The van der Waals surface area contributed by atoms with E-state index in [9.17, 15) is 4.79 Å². The Kier molecular flexibility index (Phi) is 3.28. The van der Waals surface area contributed by atoms with Crippen molar-refractivity contribution in [2.75, 3.05) is 20.3 Å². The molecule has 6 heteroatoms. The lowest BCUT2D eigenvalue weighted by molar-refractivity contribution is -0.163. The molecule has 1 aromatic heterocycles. The molecule has 6 nitrogen and oxygen atoms in total. The van der Waals surface area contributed by atoms with Crippen LogP contribution in [0.15, 0.2) is 6.20 Å². The Hall–Kier alpha value is -1.40. The predicted octanol–water partition coefficient (Wildman–Crippen LogP) is 0.678. The number of aromatic nitrogens is 2. The van der Waals surface area contributed by atoms with Crippen LogP contribution < -0.4 is 0 Å². The van der Waals surface area contributed by atoms with E-state index >= 15 is 0 Å². The predicted molar refractivity (Wildman–Crippen MR) is 65.5 cm³/mol. The van der Waals surface area contributed by atoms with Crippen LogP contribution in [-0.4, -0.2) is 41.9 Å². The fourth-order valence-electron chi connectivity index (χ4n) is 2.71. The quantitative estimate of drug-likeness (QED) is 0.753. The number of esters is 1. The highest BCUT2D eigenvalue weighted by molar-refractivity contribution is 5.68. The fraction of sp³-hybridized carbons (Fsp3) is 0.692. The normalized spacial score (nSPS) is 20.5. The molecule has 0 aromatic carbocycles. The van der Waals surface area contributed by atoms with Crippen LogP contribution in [0.3, 0.4) is 0 Å². The van der Waals surface area contributed by atoms with Gasteiger partial charge in [-0.3, -0.25) is 9.48 Å². The van der Waals surface area contributed by atoms with Crippen molar-refractivity contribution in [3.05, 3.63) is 17.5 Å². The van der Waals surface area contributed by atoms with Crippen LogP contribution in [0.25, 0.3) is 0 Å². The van der Waals surface area contributed by atoms with Crippen molar-refractivity contribution < 1.29 is 19.0 Å². The molecular formula is C13H18N2O4. The number of hydrogen-bond donors (Lipinski definition) is 0. The van der Waals surface area contributed by atoms with Crippen LogP contribution in [-0.2, 0) is 38.4 Å². The molecule has 0 atom stereocenters. The molecule has 0 saturated carbocycles. The van der Waals surface area contributed by atoms with E-state index in [4.69, 9.17) is 9.47 Å². The third kappa shape index (κ3) is 2.50. The molecule has 0 bridgehead atoms. The minimum Gasteiger partial charge on any atom is -0.469 e. The summed E-state index contributed by atoms with van der Waals surface area (Å²) in [5, 5.41) is 4.51. The lowest BCUT2D eigenvalue weighted by Gasteiger charge is -2.30. The minimum atomic E-state index is -0.427. The Morgan fingerprint density at radius 1 is 1.53 bits per heavy atom. The van der Waals surface area contributed by atoms with Gasteiger partial charge in [-0.2, -0.15) is 5.10 Å². The Balaban J connectivity index is 1.68. The van der Waals surface area contributed by atoms with Gasteiger partial charge < -0.3 is 14.2 Å². The second-order valence-corrected chi connectivity index (χ2v) is 4.97. The zero-order chi connectivity index (χ0) is 13.3. The monoisotopic (exact) mass is 266 g/mol. The van der Waals surface area contributed by atoms with E-state index in [0.717, 1.165) is 30.5 Å². The van der Waals surface area contributed by atoms with Gasteiger partial charge in [0.1, 0.15) is 0 Å². The van der Waals surface area contributed by atoms with Gasteiger partial charge >= 0.3 is 5.97 Å². The molecule has 1 aliphatic heterocycles.